The highest BCUT2D eigenvalue weighted by Gasteiger charge is 2.27. The summed E-state index contributed by atoms with van der Waals surface area (Å²) >= 11 is 3.05. The number of hydrogen-bond acceptors (Lipinski definition) is 6. The van der Waals surface area contributed by atoms with E-state index in [1.165, 1.54) is 16.9 Å². The fraction of sp³-hybridized carbons (Fsp3) is 0.286. The number of aromatic nitrogens is 2. The average molecular weight is 410 g/mol. The lowest BCUT2D eigenvalue weighted by atomic mass is 10.1. The molecule has 1 saturated heterocycles. The minimum atomic E-state index is 0.0234. The van der Waals surface area contributed by atoms with Crippen LogP contribution in [0.3, 0.4) is 0 Å². The lowest BCUT2D eigenvalue weighted by Gasteiger charge is -2.31. The second-order valence-electron chi connectivity index (χ2n) is 7.00. The van der Waals surface area contributed by atoms with Gasteiger partial charge in [-0.05, 0) is 30.7 Å². The summed E-state index contributed by atoms with van der Waals surface area (Å²) in [7, 11) is 0. The molecule has 1 fully saturated rings. The Hall–Kier alpha value is -2.51. The van der Waals surface area contributed by atoms with Gasteiger partial charge in [0.1, 0.15) is 6.10 Å². The molecule has 0 spiro atoms. The van der Waals surface area contributed by atoms with Crippen molar-refractivity contribution in [3.8, 4) is 5.19 Å². The first-order chi connectivity index (χ1) is 13.7. The van der Waals surface area contributed by atoms with Gasteiger partial charge < -0.3 is 9.64 Å². The van der Waals surface area contributed by atoms with Gasteiger partial charge >= 0.3 is 0 Å². The third-order valence-electron chi connectivity index (χ3n) is 5.07. The normalized spacial score (nSPS) is 15.4. The molecule has 0 saturated carbocycles. The van der Waals surface area contributed by atoms with Crippen LogP contribution in [-0.4, -0.2) is 40.0 Å². The van der Waals surface area contributed by atoms with Crippen LogP contribution in [0.4, 0.5) is 0 Å². The van der Waals surface area contributed by atoms with Crippen LogP contribution in [0.5, 0.6) is 5.19 Å². The fourth-order valence-corrected chi connectivity index (χ4v) is 5.43. The molecule has 1 aliphatic rings. The highest BCUT2D eigenvalue weighted by atomic mass is 32.1. The number of aryl methyl sites for hydroxylation is 1. The predicted molar refractivity (Wildman–Crippen MR) is 114 cm³/mol. The van der Waals surface area contributed by atoms with Crippen molar-refractivity contribution in [3.63, 3.8) is 0 Å². The van der Waals surface area contributed by atoms with Gasteiger partial charge in [0.15, 0.2) is 5.01 Å². The van der Waals surface area contributed by atoms with Crippen LogP contribution in [0.25, 0.3) is 20.4 Å². The van der Waals surface area contributed by atoms with Crippen molar-refractivity contribution in [2.75, 3.05) is 13.1 Å². The van der Waals surface area contributed by atoms with Crippen molar-refractivity contribution in [1.29, 1.82) is 0 Å². The Morgan fingerprint density at radius 3 is 2.61 bits per heavy atom. The van der Waals surface area contributed by atoms with Crippen LogP contribution in [0.2, 0.25) is 0 Å². The van der Waals surface area contributed by atoms with E-state index in [0.29, 0.717) is 18.1 Å². The van der Waals surface area contributed by atoms with Crippen molar-refractivity contribution in [2.45, 2.75) is 25.9 Å². The molecule has 3 heterocycles. The molecule has 1 amide bonds. The zero-order chi connectivity index (χ0) is 19.1. The SMILES string of the molecule is Cc1cccc2sc(OC3CCN(C(=O)c4nc5ccccc5s4)CC3)nc12. The van der Waals surface area contributed by atoms with Crippen LogP contribution < -0.4 is 4.74 Å². The van der Waals surface area contributed by atoms with Crippen molar-refractivity contribution < 1.29 is 9.53 Å². The van der Waals surface area contributed by atoms with Crippen molar-refractivity contribution in [2.24, 2.45) is 0 Å². The Kier molecular flexibility index (Phi) is 4.49. The number of thiazole rings is 2. The third kappa shape index (κ3) is 3.25. The molecule has 142 valence electrons. The van der Waals surface area contributed by atoms with Crippen LogP contribution in [0.15, 0.2) is 42.5 Å². The first-order valence-electron chi connectivity index (χ1n) is 9.35. The molecule has 0 N–H and O–H groups in total. The number of likely N-dealkylation sites (tertiary alicyclic amines) is 1. The molecule has 5 nitrogen and oxygen atoms in total. The van der Waals surface area contributed by atoms with E-state index in [1.54, 1.807) is 11.3 Å². The molecule has 0 radical (unpaired) electrons. The summed E-state index contributed by atoms with van der Waals surface area (Å²) in [6, 6.07) is 14.1. The number of benzene rings is 2. The standard InChI is InChI=1S/C21H19N3O2S2/c1-13-5-4-8-17-18(13)23-21(28-17)26-14-9-11-24(12-10-14)20(25)19-22-15-6-2-3-7-16(15)27-19/h2-8,14H,9-12H2,1H3. The van der Waals surface area contributed by atoms with Gasteiger partial charge in [0.05, 0.1) is 20.4 Å². The van der Waals surface area contributed by atoms with Gasteiger partial charge in [0.2, 0.25) is 0 Å². The van der Waals surface area contributed by atoms with Crippen molar-refractivity contribution >= 4 is 49.0 Å². The minimum Gasteiger partial charge on any atom is -0.467 e. The first kappa shape index (κ1) is 17.6. The summed E-state index contributed by atoms with van der Waals surface area (Å²) in [5.74, 6) is 0.0234. The molecule has 5 rings (SSSR count). The first-order valence-corrected chi connectivity index (χ1v) is 11.0. The predicted octanol–water partition coefficient (Wildman–Crippen LogP) is 4.90. The molecule has 7 heteroatoms. The molecule has 0 unspecified atom stereocenters. The number of piperidine rings is 1. The molecule has 1 aliphatic heterocycles. The maximum atomic E-state index is 12.8. The summed E-state index contributed by atoms with van der Waals surface area (Å²) in [5, 5.41) is 1.29. The van der Waals surface area contributed by atoms with E-state index in [1.807, 2.05) is 35.2 Å². The van der Waals surface area contributed by atoms with E-state index < -0.39 is 0 Å². The van der Waals surface area contributed by atoms with Crippen LogP contribution in [-0.2, 0) is 0 Å². The lowest BCUT2D eigenvalue weighted by Crippen LogP contribution is -2.41. The van der Waals surface area contributed by atoms with Gasteiger partial charge in [-0.15, -0.1) is 11.3 Å². The van der Waals surface area contributed by atoms with E-state index in [-0.39, 0.29) is 12.0 Å². The van der Waals surface area contributed by atoms with E-state index in [4.69, 9.17) is 4.74 Å². The van der Waals surface area contributed by atoms with Crippen LogP contribution in [0.1, 0.15) is 28.2 Å². The van der Waals surface area contributed by atoms with Gasteiger partial charge in [-0.2, -0.15) is 0 Å². The zero-order valence-corrected chi connectivity index (χ0v) is 17.1. The second-order valence-corrected chi connectivity index (χ2v) is 9.02. The Morgan fingerprint density at radius 1 is 1.04 bits per heavy atom. The molecule has 0 bridgehead atoms. The average Bonchev–Trinajstić information content (AvgIpc) is 3.32. The lowest BCUT2D eigenvalue weighted by molar-refractivity contribution is 0.0595. The van der Waals surface area contributed by atoms with E-state index in [0.717, 1.165) is 38.5 Å². The molecular weight excluding hydrogens is 390 g/mol. The monoisotopic (exact) mass is 409 g/mol. The van der Waals surface area contributed by atoms with E-state index >= 15 is 0 Å². The number of amides is 1. The fourth-order valence-electron chi connectivity index (χ4n) is 3.53. The largest absolute Gasteiger partial charge is 0.467 e. The molecular formula is C21H19N3O2S2. The van der Waals surface area contributed by atoms with Crippen LogP contribution in [0, 0.1) is 6.92 Å². The van der Waals surface area contributed by atoms with Crippen molar-refractivity contribution in [1.82, 2.24) is 14.9 Å². The van der Waals surface area contributed by atoms with Gasteiger partial charge in [-0.1, -0.05) is 35.6 Å². The second kappa shape index (κ2) is 7.14. The summed E-state index contributed by atoms with van der Waals surface area (Å²) in [5.41, 5.74) is 3.07. The number of carbonyl (C=O) groups excluding carboxylic acids is 1. The summed E-state index contributed by atoms with van der Waals surface area (Å²) in [4.78, 5) is 23.8. The van der Waals surface area contributed by atoms with Gasteiger partial charge in [0.25, 0.3) is 11.1 Å². The molecule has 0 aliphatic carbocycles. The smallest absolute Gasteiger partial charge is 0.282 e. The third-order valence-corrected chi connectivity index (χ3v) is 7.01. The quantitative estimate of drug-likeness (QED) is 0.483. The zero-order valence-electron chi connectivity index (χ0n) is 15.4. The molecule has 0 atom stereocenters. The number of para-hydroxylation sites is 2. The maximum Gasteiger partial charge on any atom is 0.282 e. The summed E-state index contributed by atoms with van der Waals surface area (Å²) < 4.78 is 8.34. The van der Waals surface area contributed by atoms with Crippen molar-refractivity contribution in [3.05, 3.63) is 53.0 Å². The number of fused-ring (bicyclic) bond motifs is 2. The molecule has 2 aromatic heterocycles. The van der Waals surface area contributed by atoms with Gasteiger partial charge in [-0.3, -0.25) is 4.79 Å². The molecule has 28 heavy (non-hydrogen) atoms. The summed E-state index contributed by atoms with van der Waals surface area (Å²) in [6.45, 7) is 3.44. The number of carbonyl (C=O) groups is 1. The Bertz CT molecular complexity index is 1130. The highest BCUT2D eigenvalue weighted by Crippen LogP contribution is 2.31. The summed E-state index contributed by atoms with van der Waals surface area (Å²) in [6.07, 6.45) is 1.72. The van der Waals surface area contributed by atoms with Crippen LogP contribution >= 0.6 is 22.7 Å². The number of nitrogens with zero attached hydrogens (tertiary/aromatic N) is 3. The number of rotatable bonds is 3. The van der Waals surface area contributed by atoms with Gasteiger partial charge in [0, 0.05) is 25.9 Å². The highest BCUT2D eigenvalue weighted by molar-refractivity contribution is 7.20. The number of hydrogen-bond donors (Lipinski definition) is 0. The number of ether oxygens (including phenoxy) is 1. The topological polar surface area (TPSA) is 55.3 Å². The minimum absolute atomic E-state index is 0.0234. The van der Waals surface area contributed by atoms with E-state index in [2.05, 4.69) is 29.0 Å². The maximum absolute atomic E-state index is 12.8. The Balaban J connectivity index is 1.24. The Labute approximate surface area is 170 Å². The molecule has 4 aromatic rings. The Morgan fingerprint density at radius 2 is 1.82 bits per heavy atom. The van der Waals surface area contributed by atoms with E-state index in [9.17, 15) is 4.79 Å². The van der Waals surface area contributed by atoms with Gasteiger partial charge in [-0.25, -0.2) is 9.97 Å². The molecule has 2 aromatic carbocycles.